The summed E-state index contributed by atoms with van der Waals surface area (Å²) in [5.41, 5.74) is 0. The second kappa shape index (κ2) is 9.92. The van der Waals surface area contributed by atoms with Gasteiger partial charge in [0, 0.05) is 24.4 Å². The normalized spacial score (nSPS) is 13.1. The van der Waals surface area contributed by atoms with Gasteiger partial charge in [0.25, 0.3) is 0 Å². The number of carbonyl (C=O) groups is 2. The first kappa shape index (κ1) is 19.1. The number of carbonyl (C=O) groups excluding carboxylic acids is 2. The molecule has 0 rings (SSSR count). The molecule has 0 aliphatic carbocycles. The molecule has 0 aromatic rings. The van der Waals surface area contributed by atoms with E-state index >= 15 is 0 Å². The van der Waals surface area contributed by atoms with E-state index in [1.807, 2.05) is 27.7 Å². The highest BCUT2D eigenvalue weighted by Crippen LogP contribution is 2.08. The summed E-state index contributed by atoms with van der Waals surface area (Å²) in [4.78, 5) is 23.5. The van der Waals surface area contributed by atoms with Gasteiger partial charge in [-0.2, -0.15) is 0 Å². The van der Waals surface area contributed by atoms with Gasteiger partial charge in [0.15, 0.2) is 5.78 Å². The Hall–Kier alpha value is -0.900. The lowest BCUT2D eigenvalue weighted by Gasteiger charge is -2.22. The van der Waals surface area contributed by atoms with E-state index in [0.717, 1.165) is 19.3 Å². The molecule has 0 aliphatic rings. The minimum Gasteiger partial charge on any atom is -0.356 e. The molecule has 118 valence electrons. The molecule has 4 nitrogen and oxygen atoms in total. The number of rotatable bonds is 10. The third-order valence-electron chi connectivity index (χ3n) is 3.19. The second-order valence-corrected chi connectivity index (χ2v) is 6.37. The first-order valence-electron chi connectivity index (χ1n) is 7.83. The summed E-state index contributed by atoms with van der Waals surface area (Å²) < 4.78 is 0. The van der Waals surface area contributed by atoms with E-state index < -0.39 is 0 Å². The summed E-state index contributed by atoms with van der Waals surface area (Å²) in [7, 11) is 0. The van der Waals surface area contributed by atoms with Crippen molar-refractivity contribution in [3.05, 3.63) is 0 Å². The van der Waals surface area contributed by atoms with Gasteiger partial charge in [0.2, 0.25) is 5.91 Å². The first-order valence-corrected chi connectivity index (χ1v) is 7.83. The third-order valence-corrected chi connectivity index (χ3v) is 3.19. The highest BCUT2D eigenvalue weighted by Gasteiger charge is 2.21. The fraction of sp³-hybridized carbons (Fsp3) is 0.875. The molecule has 1 atom stereocenters. The van der Waals surface area contributed by atoms with Crippen LogP contribution in [0.2, 0.25) is 0 Å². The molecule has 20 heavy (non-hydrogen) atoms. The summed E-state index contributed by atoms with van der Waals surface area (Å²) in [6, 6.07) is 0.249. The van der Waals surface area contributed by atoms with Crippen molar-refractivity contribution >= 4 is 11.7 Å². The van der Waals surface area contributed by atoms with Crippen LogP contribution in [0.5, 0.6) is 0 Å². The average Bonchev–Trinajstić information content (AvgIpc) is 2.34. The number of nitrogens with one attached hydrogen (secondary N) is 2. The van der Waals surface area contributed by atoms with Crippen LogP contribution >= 0.6 is 0 Å². The number of hydrogen-bond donors (Lipinski definition) is 2. The quantitative estimate of drug-likeness (QED) is 0.606. The van der Waals surface area contributed by atoms with Crippen molar-refractivity contribution in [1.29, 1.82) is 0 Å². The Kier molecular flexibility index (Phi) is 9.47. The molecule has 4 heteroatoms. The van der Waals surface area contributed by atoms with Crippen LogP contribution in [0.25, 0.3) is 0 Å². The van der Waals surface area contributed by atoms with Gasteiger partial charge < -0.3 is 10.6 Å². The lowest BCUT2D eigenvalue weighted by atomic mass is 9.96. The van der Waals surface area contributed by atoms with Gasteiger partial charge in [0.05, 0.1) is 6.04 Å². The Morgan fingerprint density at radius 3 is 1.95 bits per heavy atom. The van der Waals surface area contributed by atoms with E-state index in [0.29, 0.717) is 12.6 Å². The smallest absolute Gasteiger partial charge is 0.222 e. The van der Waals surface area contributed by atoms with Gasteiger partial charge in [0.1, 0.15) is 0 Å². The molecule has 0 aromatic carbocycles. The molecular weight excluding hydrogens is 252 g/mol. The van der Waals surface area contributed by atoms with Crippen molar-refractivity contribution in [3.8, 4) is 0 Å². The predicted octanol–water partition coefficient (Wildman–Crippen LogP) is 2.52. The number of unbranched alkanes of at least 4 members (excludes halogenated alkanes) is 1. The summed E-state index contributed by atoms with van der Waals surface area (Å²) in [5.74, 6) is 0.477. The van der Waals surface area contributed by atoms with E-state index in [4.69, 9.17) is 0 Å². The number of hydrogen-bond acceptors (Lipinski definition) is 3. The topological polar surface area (TPSA) is 58.2 Å². The molecule has 2 N–H and O–H groups in total. The lowest BCUT2D eigenvalue weighted by molar-refractivity contribution is -0.125. The van der Waals surface area contributed by atoms with Gasteiger partial charge in [-0.25, -0.2) is 0 Å². The van der Waals surface area contributed by atoms with Gasteiger partial charge in [-0.15, -0.1) is 0 Å². The summed E-state index contributed by atoms with van der Waals surface area (Å²) >= 11 is 0. The van der Waals surface area contributed by atoms with Crippen LogP contribution in [-0.2, 0) is 9.59 Å². The SMILES string of the molecule is CC(C)NC(CCCCNC(=O)C(C)C)C(=O)C(C)C. The molecular formula is C16H32N2O2. The summed E-state index contributed by atoms with van der Waals surface area (Å²) in [6.07, 6.45) is 2.70. The van der Waals surface area contributed by atoms with Crippen molar-refractivity contribution in [2.24, 2.45) is 11.8 Å². The summed E-state index contributed by atoms with van der Waals surface area (Å²) in [5, 5.41) is 6.25. The molecule has 0 spiro atoms. The molecule has 0 heterocycles. The maximum atomic E-state index is 12.1. The predicted molar refractivity (Wildman–Crippen MR) is 83.6 cm³/mol. The first-order chi connectivity index (χ1) is 9.25. The number of amides is 1. The zero-order valence-corrected chi connectivity index (χ0v) is 14.0. The van der Waals surface area contributed by atoms with Crippen molar-refractivity contribution in [1.82, 2.24) is 10.6 Å². The standard InChI is InChI=1S/C16H32N2O2/c1-11(2)15(19)14(18-13(5)6)9-7-8-10-17-16(20)12(3)4/h11-14,18H,7-10H2,1-6H3,(H,17,20). The molecule has 1 amide bonds. The van der Waals surface area contributed by atoms with Crippen molar-refractivity contribution in [2.75, 3.05) is 6.54 Å². The van der Waals surface area contributed by atoms with E-state index in [1.165, 1.54) is 0 Å². The molecule has 1 unspecified atom stereocenters. The fourth-order valence-corrected chi connectivity index (χ4v) is 2.00. The van der Waals surface area contributed by atoms with Crippen LogP contribution in [0.3, 0.4) is 0 Å². The maximum Gasteiger partial charge on any atom is 0.222 e. The molecule has 0 saturated carbocycles. The monoisotopic (exact) mass is 284 g/mol. The molecule has 0 saturated heterocycles. The fourth-order valence-electron chi connectivity index (χ4n) is 2.00. The van der Waals surface area contributed by atoms with Crippen LogP contribution in [0.1, 0.15) is 60.8 Å². The zero-order chi connectivity index (χ0) is 15.7. The highest BCUT2D eigenvalue weighted by molar-refractivity contribution is 5.85. The number of Topliss-reactive ketones (excluding diaryl/α,β-unsaturated/α-hetero) is 1. The molecule has 0 aliphatic heterocycles. The average molecular weight is 284 g/mol. The van der Waals surface area contributed by atoms with Gasteiger partial charge in [-0.3, -0.25) is 9.59 Å². The Labute approximate surface area is 124 Å². The molecule has 0 fully saturated rings. The third kappa shape index (κ3) is 8.31. The highest BCUT2D eigenvalue weighted by atomic mass is 16.1. The summed E-state index contributed by atoms with van der Waals surface area (Å²) in [6.45, 7) is 12.5. The Bertz CT molecular complexity index is 299. The maximum absolute atomic E-state index is 12.1. The van der Waals surface area contributed by atoms with Crippen LogP contribution in [0, 0.1) is 11.8 Å². The number of ketones is 1. The van der Waals surface area contributed by atoms with E-state index in [9.17, 15) is 9.59 Å². The molecule has 0 radical (unpaired) electrons. The van der Waals surface area contributed by atoms with Crippen LogP contribution in [-0.4, -0.2) is 30.3 Å². The van der Waals surface area contributed by atoms with Crippen molar-refractivity contribution in [3.63, 3.8) is 0 Å². The van der Waals surface area contributed by atoms with E-state index in [1.54, 1.807) is 0 Å². The van der Waals surface area contributed by atoms with Crippen molar-refractivity contribution < 1.29 is 9.59 Å². The Balaban J connectivity index is 4.02. The van der Waals surface area contributed by atoms with E-state index in [-0.39, 0.29) is 29.6 Å². The zero-order valence-electron chi connectivity index (χ0n) is 14.0. The second-order valence-electron chi connectivity index (χ2n) is 6.37. The Morgan fingerprint density at radius 1 is 0.900 bits per heavy atom. The van der Waals surface area contributed by atoms with Gasteiger partial charge >= 0.3 is 0 Å². The van der Waals surface area contributed by atoms with Crippen LogP contribution in [0.4, 0.5) is 0 Å². The molecule has 0 aromatic heterocycles. The minimum atomic E-state index is -0.0594. The van der Waals surface area contributed by atoms with Gasteiger partial charge in [-0.05, 0) is 19.3 Å². The lowest BCUT2D eigenvalue weighted by Crippen LogP contribution is -2.42. The largest absolute Gasteiger partial charge is 0.356 e. The van der Waals surface area contributed by atoms with Crippen LogP contribution in [0.15, 0.2) is 0 Å². The van der Waals surface area contributed by atoms with Crippen LogP contribution < -0.4 is 10.6 Å². The minimum absolute atomic E-state index is 0.0351. The molecule has 0 bridgehead atoms. The van der Waals surface area contributed by atoms with Gasteiger partial charge in [-0.1, -0.05) is 41.5 Å². The van der Waals surface area contributed by atoms with Crippen molar-refractivity contribution in [2.45, 2.75) is 72.9 Å². The Morgan fingerprint density at radius 2 is 1.50 bits per heavy atom. The van der Waals surface area contributed by atoms with E-state index in [2.05, 4.69) is 24.5 Å².